The second kappa shape index (κ2) is 6.08. The highest BCUT2D eigenvalue weighted by Gasteiger charge is 2.20. The lowest BCUT2D eigenvalue weighted by molar-refractivity contribution is -0.132. The molecule has 22 heavy (non-hydrogen) atoms. The average Bonchev–Trinajstić information content (AvgIpc) is 3.02. The molecule has 0 bridgehead atoms. The fraction of sp³-hybridized carbons (Fsp3) is 0.533. The van der Waals surface area contributed by atoms with E-state index in [4.69, 9.17) is 0 Å². The van der Waals surface area contributed by atoms with Gasteiger partial charge in [-0.2, -0.15) is 0 Å². The average molecular weight is 321 g/mol. The Kier molecular flexibility index (Phi) is 4.15. The molecule has 7 heteroatoms. The molecule has 0 N–H and O–H groups in total. The number of piperidine rings is 1. The largest absolute Gasteiger partial charge is 0.341 e. The molecule has 6 nitrogen and oxygen atoms in total. The molecular formula is C15H19N3O3S. The molecule has 1 saturated heterocycles. The quantitative estimate of drug-likeness (QED) is 0.855. The van der Waals surface area contributed by atoms with E-state index in [1.165, 1.54) is 20.5 Å². The van der Waals surface area contributed by atoms with E-state index >= 15 is 0 Å². The molecule has 2 aromatic heterocycles. The third kappa shape index (κ3) is 2.49. The molecule has 118 valence electrons. The van der Waals surface area contributed by atoms with Gasteiger partial charge in [0.25, 0.3) is 5.56 Å². The lowest BCUT2D eigenvalue weighted by Crippen LogP contribution is -2.44. The Morgan fingerprint density at radius 3 is 2.59 bits per heavy atom. The van der Waals surface area contributed by atoms with Crippen molar-refractivity contribution in [3.63, 3.8) is 0 Å². The van der Waals surface area contributed by atoms with Gasteiger partial charge in [0.2, 0.25) is 5.91 Å². The second-order valence-corrected chi connectivity index (χ2v) is 6.41. The number of nitrogens with zero attached hydrogens (tertiary/aromatic N) is 3. The number of rotatable bonds is 3. The minimum Gasteiger partial charge on any atom is -0.341 e. The second-order valence-electron chi connectivity index (χ2n) is 5.49. The standard InChI is InChI=1S/C15H19N3O3S/c1-2-17-14(20)13-11(6-9-22-13)18(15(17)21)10-12(19)16-7-4-3-5-8-16/h6,9H,2-5,7-8,10H2,1H3. The van der Waals surface area contributed by atoms with E-state index in [9.17, 15) is 14.4 Å². The van der Waals surface area contributed by atoms with Crippen molar-refractivity contribution in [3.8, 4) is 0 Å². The molecule has 0 atom stereocenters. The van der Waals surface area contributed by atoms with Gasteiger partial charge in [-0.3, -0.25) is 18.7 Å². The highest BCUT2D eigenvalue weighted by Crippen LogP contribution is 2.16. The highest BCUT2D eigenvalue weighted by atomic mass is 32.1. The van der Waals surface area contributed by atoms with Gasteiger partial charge < -0.3 is 4.90 Å². The Morgan fingerprint density at radius 1 is 1.18 bits per heavy atom. The van der Waals surface area contributed by atoms with E-state index in [2.05, 4.69) is 0 Å². The number of carbonyl (C=O) groups is 1. The number of carbonyl (C=O) groups excluding carboxylic acids is 1. The van der Waals surface area contributed by atoms with Crippen LogP contribution in [0, 0.1) is 0 Å². The van der Waals surface area contributed by atoms with Gasteiger partial charge in [-0.15, -0.1) is 11.3 Å². The minimum absolute atomic E-state index is 0.00630. The summed E-state index contributed by atoms with van der Waals surface area (Å²) >= 11 is 1.31. The zero-order valence-electron chi connectivity index (χ0n) is 12.6. The Labute approximate surface area is 131 Å². The third-order valence-corrected chi connectivity index (χ3v) is 5.05. The van der Waals surface area contributed by atoms with E-state index in [0.29, 0.717) is 16.8 Å². The van der Waals surface area contributed by atoms with Crippen LogP contribution in [0.15, 0.2) is 21.0 Å². The topological polar surface area (TPSA) is 64.3 Å². The number of fused-ring (bicyclic) bond motifs is 1. The van der Waals surface area contributed by atoms with Gasteiger partial charge in [-0.1, -0.05) is 0 Å². The van der Waals surface area contributed by atoms with E-state index in [1.54, 1.807) is 18.4 Å². The molecule has 0 saturated carbocycles. The first-order valence-electron chi connectivity index (χ1n) is 7.62. The van der Waals surface area contributed by atoms with Gasteiger partial charge in [-0.25, -0.2) is 4.79 Å². The molecule has 1 amide bonds. The van der Waals surface area contributed by atoms with Crippen LogP contribution in [0.3, 0.4) is 0 Å². The molecule has 3 rings (SSSR count). The fourth-order valence-corrected chi connectivity index (χ4v) is 3.79. The van der Waals surface area contributed by atoms with E-state index < -0.39 is 5.69 Å². The van der Waals surface area contributed by atoms with Gasteiger partial charge >= 0.3 is 5.69 Å². The predicted molar refractivity (Wildman–Crippen MR) is 86.5 cm³/mol. The highest BCUT2D eigenvalue weighted by molar-refractivity contribution is 7.17. The van der Waals surface area contributed by atoms with E-state index in [-0.39, 0.29) is 18.0 Å². The molecule has 0 aliphatic carbocycles. The number of thiophene rings is 1. The number of amides is 1. The molecule has 0 radical (unpaired) electrons. The monoisotopic (exact) mass is 321 g/mol. The van der Waals surface area contributed by atoms with E-state index in [1.807, 2.05) is 4.90 Å². The first-order valence-corrected chi connectivity index (χ1v) is 8.50. The first-order chi connectivity index (χ1) is 10.6. The van der Waals surface area contributed by atoms with Crippen molar-refractivity contribution in [3.05, 3.63) is 32.3 Å². The maximum Gasteiger partial charge on any atom is 0.331 e. The smallest absolute Gasteiger partial charge is 0.331 e. The summed E-state index contributed by atoms with van der Waals surface area (Å²) in [6.07, 6.45) is 3.19. The molecule has 1 fully saturated rings. The van der Waals surface area contributed by atoms with Crippen LogP contribution in [0.4, 0.5) is 0 Å². The molecule has 1 aliphatic rings. The maximum absolute atomic E-state index is 12.5. The van der Waals surface area contributed by atoms with Crippen molar-refractivity contribution < 1.29 is 4.79 Å². The zero-order valence-corrected chi connectivity index (χ0v) is 13.4. The van der Waals surface area contributed by atoms with Crippen LogP contribution in [-0.4, -0.2) is 33.0 Å². The minimum atomic E-state index is -0.399. The molecule has 1 aliphatic heterocycles. The third-order valence-electron chi connectivity index (χ3n) is 4.15. The summed E-state index contributed by atoms with van der Waals surface area (Å²) in [6, 6.07) is 1.74. The lowest BCUT2D eigenvalue weighted by Gasteiger charge is -2.27. The van der Waals surface area contributed by atoms with E-state index in [0.717, 1.165) is 32.4 Å². The van der Waals surface area contributed by atoms with Crippen LogP contribution in [0.25, 0.3) is 10.2 Å². The number of hydrogen-bond acceptors (Lipinski definition) is 4. The van der Waals surface area contributed by atoms with Gasteiger partial charge in [0.1, 0.15) is 11.2 Å². The molecular weight excluding hydrogens is 302 g/mol. The molecule has 0 spiro atoms. The summed E-state index contributed by atoms with van der Waals surface area (Å²) in [6.45, 7) is 3.59. The van der Waals surface area contributed by atoms with Crippen molar-refractivity contribution >= 4 is 27.5 Å². The van der Waals surface area contributed by atoms with Crippen LogP contribution in [0.5, 0.6) is 0 Å². The van der Waals surface area contributed by atoms with Crippen molar-refractivity contribution in [2.45, 2.75) is 39.3 Å². The fourth-order valence-electron chi connectivity index (χ4n) is 2.94. The molecule has 0 unspecified atom stereocenters. The van der Waals surface area contributed by atoms with Crippen molar-refractivity contribution in [2.75, 3.05) is 13.1 Å². The number of likely N-dealkylation sites (tertiary alicyclic amines) is 1. The molecule has 0 aromatic carbocycles. The number of hydrogen-bond donors (Lipinski definition) is 0. The summed E-state index contributed by atoms with van der Waals surface area (Å²) in [5, 5.41) is 1.79. The van der Waals surface area contributed by atoms with Crippen LogP contribution in [0.2, 0.25) is 0 Å². The zero-order chi connectivity index (χ0) is 15.7. The molecule has 2 aromatic rings. The maximum atomic E-state index is 12.5. The lowest BCUT2D eigenvalue weighted by atomic mass is 10.1. The van der Waals surface area contributed by atoms with Crippen LogP contribution < -0.4 is 11.2 Å². The van der Waals surface area contributed by atoms with Gasteiger partial charge in [-0.05, 0) is 37.6 Å². The summed E-state index contributed by atoms with van der Waals surface area (Å²) in [7, 11) is 0. The van der Waals surface area contributed by atoms with Crippen molar-refractivity contribution in [1.82, 2.24) is 14.0 Å². The normalized spacial score (nSPS) is 15.4. The summed E-state index contributed by atoms with van der Waals surface area (Å²) in [5.41, 5.74) is -0.0991. The Hall–Kier alpha value is -1.89. The Bertz CT molecular complexity index is 812. The van der Waals surface area contributed by atoms with Gasteiger partial charge in [0.15, 0.2) is 0 Å². The van der Waals surface area contributed by atoms with Gasteiger partial charge in [0, 0.05) is 19.6 Å². The summed E-state index contributed by atoms with van der Waals surface area (Å²) in [4.78, 5) is 39.0. The van der Waals surface area contributed by atoms with Crippen LogP contribution in [-0.2, 0) is 17.9 Å². The van der Waals surface area contributed by atoms with Crippen LogP contribution >= 0.6 is 11.3 Å². The van der Waals surface area contributed by atoms with Crippen LogP contribution in [0.1, 0.15) is 26.2 Å². The predicted octanol–water partition coefficient (Wildman–Crippen LogP) is 1.26. The summed E-state index contributed by atoms with van der Waals surface area (Å²) in [5.74, 6) is -0.0457. The first kappa shape index (κ1) is 15.0. The summed E-state index contributed by atoms with van der Waals surface area (Å²) < 4.78 is 3.17. The molecule has 3 heterocycles. The SMILES string of the molecule is CCn1c(=O)c2sccc2n(CC(=O)N2CCCCC2)c1=O. The van der Waals surface area contributed by atoms with Crippen molar-refractivity contribution in [2.24, 2.45) is 0 Å². The number of aromatic nitrogens is 2. The van der Waals surface area contributed by atoms with Crippen molar-refractivity contribution in [1.29, 1.82) is 0 Å². The Balaban J connectivity index is 2.03. The van der Waals surface area contributed by atoms with Gasteiger partial charge in [0.05, 0.1) is 5.52 Å². The Morgan fingerprint density at radius 2 is 1.91 bits per heavy atom.